The summed E-state index contributed by atoms with van der Waals surface area (Å²) in [6, 6.07) is 8.18. The zero-order valence-electron chi connectivity index (χ0n) is 16.9. The fraction of sp³-hybridized carbons (Fsp3) is 0.429. The van der Waals surface area contributed by atoms with Gasteiger partial charge in [-0.3, -0.25) is 0 Å². The van der Waals surface area contributed by atoms with Crippen molar-refractivity contribution >= 4 is 28.5 Å². The summed E-state index contributed by atoms with van der Waals surface area (Å²) >= 11 is 0. The highest BCUT2D eigenvalue weighted by atomic mass is 15.6. The molecule has 2 aliphatic rings. The third kappa shape index (κ3) is 3.62. The van der Waals surface area contributed by atoms with Crippen molar-refractivity contribution < 1.29 is 0 Å². The van der Waals surface area contributed by atoms with Gasteiger partial charge in [-0.1, -0.05) is 0 Å². The molecular weight excluding hydrogens is 378 g/mol. The zero-order valence-corrected chi connectivity index (χ0v) is 16.9. The normalized spacial score (nSPS) is 17.2. The molecule has 2 saturated heterocycles. The molecule has 9 nitrogen and oxygen atoms in total. The Morgan fingerprint density at radius 1 is 1.00 bits per heavy atom. The van der Waals surface area contributed by atoms with Gasteiger partial charge in [-0.25, -0.2) is 14.6 Å². The lowest BCUT2D eigenvalue weighted by molar-refractivity contribution is 0.483. The van der Waals surface area contributed by atoms with Crippen LogP contribution >= 0.6 is 0 Å². The fourth-order valence-electron chi connectivity index (χ4n) is 4.16. The number of nitriles is 1. The number of pyridine rings is 1. The molecule has 5 heterocycles. The van der Waals surface area contributed by atoms with Crippen LogP contribution in [0.4, 0.5) is 17.5 Å². The van der Waals surface area contributed by atoms with E-state index < -0.39 is 0 Å². The van der Waals surface area contributed by atoms with Gasteiger partial charge in [0.1, 0.15) is 17.6 Å². The predicted octanol–water partition coefficient (Wildman–Crippen LogP) is 1.97. The molecular formula is C21H25N9. The van der Waals surface area contributed by atoms with E-state index in [2.05, 4.69) is 42.6 Å². The number of nitrogens with one attached hydrogen (secondary N) is 2. The summed E-state index contributed by atoms with van der Waals surface area (Å²) < 4.78 is 1.95. The Hall–Kier alpha value is -3.38. The molecule has 154 valence electrons. The smallest absolute Gasteiger partial charge is 0.230 e. The number of rotatable bonds is 4. The van der Waals surface area contributed by atoms with E-state index >= 15 is 0 Å². The van der Waals surface area contributed by atoms with Crippen molar-refractivity contribution in [1.29, 1.82) is 5.26 Å². The number of hydrogen-bond acceptors (Lipinski definition) is 8. The first-order valence-corrected chi connectivity index (χ1v) is 10.5. The van der Waals surface area contributed by atoms with Crippen LogP contribution in [0.2, 0.25) is 0 Å². The topological polar surface area (TPSA) is 97.9 Å². The van der Waals surface area contributed by atoms with Gasteiger partial charge >= 0.3 is 0 Å². The Morgan fingerprint density at radius 3 is 2.57 bits per heavy atom. The second kappa shape index (κ2) is 8.16. The monoisotopic (exact) mass is 403 g/mol. The lowest BCUT2D eigenvalue weighted by Gasteiger charge is -2.30. The molecule has 30 heavy (non-hydrogen) atoms. The molecule has 2 fully saturated rings. The molecule has 3 aromatic rings. The number of fused-ring (bicyclic) bond motifs is 1. The second-order valence-electron chi connectivity index (χ2n) is 7.70. The van der Waals surface area contributed by atoms with Gasteiger partial charge in [0.05, 0.1) is 11.9 Å². The van der Waals surface area contributed by atoms with Crippen molar-refractivity contribution in [3.8, 4) is 6.07 Å². The van der Waals surface area contributed by atoms with Crippen LogP contribution in [0.5, 0.6) is 0 Å². The Kier molecular flexibility index (Phi) is 5.07. The maximum Gasteiger partial charge on any atom is 0.230 e. The second-order valence-corrected chi connectivity index (χ2v) is 7.70. The molecule has 3 aromatic heterocycles. The first-order chi connectivity index (χ1) is 14.8. The highest BCUT2D eigenvalue weighted by molar-refractivity contribution is 5.79. The standard InChI is InChI=1S/C21H25N9/c22-13-18-12-16-14-25-21(27-20(16)30(18)29-8-2-1-3-9-29)26-19-5-4-17(15-24-19)28-10-6-23-7-11-28/h4-5,12,14-15,23H,1-3,6-11H2,(H,24,25,26,27). The Labute approximate surface area is 175 Å². The van der Waals surface area contributed by atoms with Crippen LogP contribution < -0.4 is 20.5 Å². The molecule has 0 saturated carbocycles. The summed E-state index contributed by atoms with van der Waals surface area (Å²) in [6.45, 7) is 5.83. The van der Waals surface area contributed by atoms with Crippen LogP contribution in [-0.4, -0.2) is 58.9 Å². The SMILES string of the molecule is N#Cc1cc2cnc(Nc3ccc(N4CCNCC4)cn3)nc2n1N1CCCCC1. The molecule has 2 N–H and O–H groups in total. The van der Waals surface area contributed by atoms with Gasteiger partial charge in [-0.15, -0.1) is 0 Å². The van der Waals surface area contributed by atoms with Crippen molar-refractivity contribution in [2.75, 3.05) is 54.5 Å². The minimum Gasteiger partial charge on any atom is -0.368 e. The Bertz CT molecular complexity index is 1050. The van der Waals surface area contributed by atoms with Gasteiger partial charge < -0.3 is 20.5 Å². The zero-order chi connectivity index (χ0) is 20.3. The molecule has 2 aliphatic heterocycles. The van der Waals surface area contributed by atoms with E-state index in [1.54, 1.807) is 6.20 Å². The number of aromatic nitrogens is 4. The quantitative estimate of drug-likeness (QED) is 0.682. The van der Waals surface area contributed by atoms with Crippen LogP contribution in [0.15, 0.2) is 30.6 Å². The van der Waals surface area contributed by atoms with Gasteiger partial charge in [0.2, 0.25) is 5.95 Å². The molecule has 9 heteroatoms. The van der Waals surface area contributed by atoms with Crippen LogP contribution in [0.3, 0.4) is 0 Å². The minimum atomic E-state index is 0.478. The van der Waals surface area contributed by atoms with Gasteiger partial charge in [-0.05, 0) is 37.5 Å². The van der Waals surface area contributed by atoms with Crippen LogP contribution in [0, 0.1) is 11.3 Å². The average Bonchev–Trinajstić information content (AvgIpc) is 3.19. The van der Waals surface area contributed by atoms with E-state index in [0.717, 1.165) is 68.8 Å². The van der Waals surface area contributed by atoms with E-state index in [1.807, 2.05) is 23.0 Å². The van der Waals surface area contributed by atoms with Gasteiger partial charge in [0.15, 0.2) is 5.65 Å². The molecule has 0 amide bonds. The van der Waals surface area contributed by atoms with Crippen LogP contribution in [0.25, 0.3) is 11.0 Å². The van der Waals surface area contributed by atoms with E-state index in [0.29, 0.717) is 17.5 Å². The largest absolute Gasteiger partial charge is 0.368 e. The molecule has 0 unspecified atom stereocenters. The summed E-state index contributed by atoms with van der Waals surface area (Å²) in [4.78, 5) is 16.0. The van der Waals surface area contributed by atoms with Crippen molar-refractivity contribution in [2.45, 2.75) is 19.3 Å². The summed E-state index contributed by atoms with van der Waals surface area (Å²) in [5.41, 5.74) is 2.47. The molecule has 5 rings (SSSR count). The van der Waals surface area contributed by atoms with E-state index in [9.17, 15) is 5.26 Å². The summed E-state index contributed by atoms with van der Waals surface area (Å²) in [5, 5.41) is 19.2. The maximum absolute atomic E-state index is 9.61. The van der Waals surface area contributed by atoms with Crippen LogP contribution in [-0.2, 0) is 0 Å². The molecule has 0 radical (unpaired) electrons. The first-order valence-electron chi connectivity index (χ1n) is 10.5. The van der Waals surface area contributed by atoms with E-state index in [4.69, 9.17) is 4.98 Å². The van der Waals surface area contributed by atoms with Gasteiger partial charge in [0, 0.05) is 50.9 Å². The molecule has 0 bridgehead atoms. The van der Waals surface area contributed by atoms with Crippen molar-refractivity contribution in [2.24, 2.45) is 0 Å². The number of hydrogen-bond donors (Lipinski definition) is 2. The lowest BCUT2D eigenvalue weighted by Crippen LogP contribution is -2.43. The maximum atomic E-state index is 9.61. The summed E-state index contributed by atoms with van der Waals surface area (Å²) in [6.07, 6.45) is 7.14. The Balaban J connectivity index is 1.40. The van der Waals surface area contributed by atoms with Crippen molar-refractivity contribution in [3.63, 3.8) is 0 Å². The molecule has 0 spiro atoms. The van der Waals surface area contributed by atoms with Crippen LogP contribution in [0.1, 0.15) is 25.0 Å². The molecule has 0 aliphatic carbocycles. The van der Waals surface area contributed by atoms with E-state index in [-0.39, 0.29) is 0 Å². The third-order valence-corrected chi connectivity index (χ3v) is 5.72. The minimum absolute atomic E-state index is 0.478. The van der Waals surface area contributed by atoms with Gasteiger partial charge in [-0.2, -0.15) is 10.2 Å². The fourth-order valence-corrected chi connectivity index (χ4v) is 4.16. The summed E-state index contributed by atoms with van der Waals surface area (Å²) in [5.74, 6) is 1.18. The van der Waals surface area contributed by atoms with Crippen molar-refractivity contribution in [1.82, 2.24) is 24.9 Å². The predicted molar refractivity (Wildman–Crippen MR) is 117 cm³/mol. The highest BCUT2D eigenvalue weighted by Crippen LogP contribution is 2.23. The lowest BCUT2D eigenvalue weighted by atomic mass is 10.2. The third-order valence-electron chi connectivity index (χ3n) is 5.72. The number of nitrogens with zero attached hydrogens (tertiary/aromatic N) is 7. The number of anilines is 3. The molecule has 0 aromatic carbocycles. The summed E-state index contributed by atoms with van der Waals surface area (Å²) in [7, 11) is 0. The average molecular weight is 403 g/mol. The Morgan fingerprint density at radius 2 is 1.83 bits per heavy atom. The van der Waals surface area contributed by atoms with E-state index in [1.165, 1.54) is 6.42 Å². The highest BCUT2D eigenvalue weighted by Gasteiger charge is 2.19. The molecule has 0 atom stereocenters. The van der Waals surface area contributed by atoms with Gasteiger partial charge in [0.25, 0.3) is 0 Å². The number of piperidine rings is 1. The van der Waals surface area contributed by atoms with Crippen molar-refractivity contribution in [3.05, 3.63) is 36.3 Å². The first kappa shape index (κ1) is 18.6. The number of piperazine rings is 1.